The van der Waals surface area contributed by atoms with E-state index in [1.54, 1.807) is 0 Å². The lowest BCUT2D eigenvalue weighted by Crippen LogP contribution is -2.36. The van der Waals surface area contributed by atoms with Gasteiger partial charge in [0.05, 0.1) is 6.10 Å². The van der Waals surface area contributed by atoms with Gasteiger partial charge in [-0.15, -0.1) is 0 Å². The van der Waals surface area contributed by atoms with Gasteiger partial charge in [0, 0.05) is 13.2 Å². The molecular formula is C13H25NO. The van der Waals surface area contributed by atoms with Crippen molar-refractivity contribution in [3.63, 3.8) is 0 Å². The van der Waals surface area contributed by atoms with E-state index in [2.05, 4.69) is 18.7 Å². The normalized spacial score (nSPS) is 25.0. The molecule has 0 spiro atoms. The summed E-state index contributed by atoms with van der Waals surface area (Å²) in [5, 5.41) is 0. The smallest absolute Gasteiger partial charge is 0.0519 e. The Hall–Kier alpha value is -0.0800. The quantitative estimate of drug-likeness (QED) is 0.693. The summed E-state index contributed by atoms with van der Waals surface area (Å²) in [6, 6.07) is 0. The number of nitrogens with zero attached hydrogens (tertiary/aromatic N) is 1. The van der Waals surface area contributed by atoms with Crippen LogP contribution in [0.5, 0.6) is 0 Å². The lowest BCUT2D eigenvalue weighted by molar-refractivity contribution is 0.0301. The summed E-state index contributed by atoms with van der Waals surface area (Å²) in [6.45, 7) is 9.22. The maximum Gasteiger partial charge on any atom is 0.0519 e. The zero-order valence-corrected chi connectivity index (χ0v) is 10.2. The first kappa shape index (κ1) is 11.4. The third-order valence-corrected chi connectivity index (χ3v) is 3.59. The van der Waals surface area contributed by atoms with Gasteiger partial charge in [-0.1, -0.05) is 0 Å². The molecule has 2 nitrogen and oxygen atoms in total. The molecule has 2 rings (SSSR count). The maximum atomic E-state index is 5.69. The molecule has 1 aliphatic heterocycles. The van der Waals surface area contributed by atoms with Crippen LogP contribution < -0.4 is 0 Å². The van der Waals surface area contributed by atoms with Crippen molar-refractivity contribution in [2.45, 2.75) is 45.6 Å². The van der Waals surface area contributed by atoms with Gasteiger partial charge < -0.3 is 9.64 Å². The highest BCUT2D eigenvalue weighted by atomic mass is 16.5. The van der Waals surface area contributed by atoms with Crippen LogP contribution in [0.1, 0.15) is 39.5 Å². The van der Waals surface area contributed by atoms with Crippen molar-refractivity contribution in [3.05, 3.63) is 0 Å². The van der Waals surface area contributed by atoms with Crippen molar-refractivity contribution in [2.75, 3.05) is 26.2 Å². The van der Waals surface area contributed by atoms with Crippen LogP contribution in [-0.4, -0.2) is 37.2 Å². The molecule has 2 heteroatoms. The monoisotopic (exact) mass is 211 g/mol. The molecule has 1 saturated carbocycles. The molecule has 88 valence electrons. The van der Waals surface area contributed by atoms with E-state index in [0.717, 1.165) is 18.4 Å². The second-order valence-electron chi connectivity index (χ2n) is 5.57. The van der Waals surface area contributed by atoms with E-state index >= 15 is 0 Å². The molecule has 0 unspecified atom stereocenters. The van der Waals surface area contributed by atoms with Crippen LogP contribution in [0.4, 0.5) is 0 Å². The second-order valence-corrected chi connectivity index (χ2v) is 5.57. The highest BCUT2D eigenvalue weighted by molar-refractivity contribution is 4.80. The molecular weight excluding hydrogens is 186 g/mol. The van der Waals surface area contributed by atoms with Gasteiger partial charge in [0.15, 0.2) is 0 Å². The number of rotatable bonds is 5. The number of hydrogen-bond donors (Lipinski definition) is 0. The Labute approximate surface area is 94.0 Å². The summed E-state index contributed by atoms with van der Waals surface area (Å²) >= 11 is 0. The van der Waals surface area contributed by atoms with Gasteiger partial charge in [0.2, 0.25) is 0 Å². The highest BCUT2D eigenvalue weighted by Gasteiger charge is 2.26. The average molecular weight is 211 g/mol. The van der Waals surface area contributed by atoms with Crippen molar-refractivity contribution in [1.82, 2.24) is 4.90 Å². The van der Waals surface area contributed by atoms with Gasteiger partial charge in [-0.25, -0.2) is 0 Å². The highest BCUT2D eigenvalue weighted by Crippen LogP contribution is 2.31. The Morgan fingerprint density at radius 2 is 1.73 bits per heavy atom. The minimum absolute atomic E-state index is 0.398. The number of likely N-dealkylation sites (tertiary alicyclic amines) is 1. The van der Waals surface area contributed by atoms with Crippen LogP contribution in [0.15, 0.2) is 0 Å². The van der Waals surface area contributed by atoms with Gasteiger partial charge >= 0.3 is 0 Å². The molecule has 2 aliphatic rings. The molecule has 0 bridgehead atoms. The number of ether oxygens (including phenoxy) is 1. The molecule has 0 amide bonds. The number of piperidine rings is 1. The molecule has 0 aromatic carbocycles. The molecule has 0 aromatic rings. The van der Waals surface area contributed by atoms with E-state index in [4.69, 9.17) is 4.74 Å². The van der Waals surface area contributed by atoms with Crippen molar-refractivity contribution in [3.8, 4) is 0 Å². The van der Waals surface area contributed by atoms with E-state index in [1.165, 1.54) is 45.3 Å². The van der Waals surface area contributed by atoms with Gasteiger partial charge in [-0.2, -0.15) is 0 Å². The van der Waals surface area contributed by atoms with Crippen molar-refractivity contribution in [1.29, 1.82) is 0 Å². The van der Waals surface area contributed by atoms with Crippen molar-refractivity contribution < 1.29 is 4.74 Å². The van der Waals surface area contributed by atoms with Gasteiger partial charge in [0.1, 0.15) is 0 Å². The molecule has 2 fully saturated rings. The van der Waals surface area contributed by atoms with Crippen LogP contribution >= 0.6 is 0 Å². The predicted octanol–water partition coefficient (Wildman–Crippen LogP) is 2.53. The summed E-state index contributed by atoms with van der Waals surface area (Å²) < 4.78 is 5.69. The fraction of sp³-hybridized carbons (Fsp3) is 1.00. The maximum absolute atomic E-state index is 5.69. The minimum Gasteiger partial charge on any atom is -0.379 e. The third-order valence-electron chi connectivity index (χ3n) is 3.59. The Balaban J connectivity index is 1.58. The lowest BCUT2D eigenvalue weighted by atomic mass is 9.97. The van der Waals surface area contributed by atoms with Crippen LogP contribution in [-0.2, 0) is 4.74 Å². The first-order chi connectivity index (χ1) is 7.24. The molecule has 1 aliphatic carbocycles. The second kappa shape index (κ2) is 5.31. The largest absolute Gasteiger partial charge is 0.379 e. The van der Waals surface area contributed by atoms with Crippen LogP contribution in [0.2, 0.25) is 0 Å². The summed E-state index contributed by atoms with van der Waals surface area (Å²) in [5.41, 5.74) is 0. The van der Waals surface area contributed by atoms with Crippen LogP contribution in [0.25, 0.3) is 0 Å². The predicted molar refractivity (Wildman–Crippen MR) is 63.0 cm³/mol. The average Bonchev–Trinajstić information content (AvgIpc) is 3.01. The van der Waals surface area contributed by atoms with Crippen molar-refractivity contribution in [2.24, 2.45) is 11.8 Å². The van der Waals surface area contributed by atoms with E-state index in [9.17, 15) is 0 Å². The van der Waals surface area contributed by atoms with E-state index < -0.39 is 0 Å². The molecule has 0 atom stereocenters. The zero-order valence-electron chi connectivity index (χ0n) is 10.2. The molecule has 1 saturated heterocycles. The minimum atomic E-state index is 0.398. The molecule has 15 heavy (non-hydrogen) atoms. The number of hydrogen-bond acceptors (Lipinski definition) is 2. The Bertz CT molecular complexity index is 181. The standard InChI is InChI=1S/C13H25NO/c1-11(2)15-10-13-5-7-14(8-6-13)9-12-3-4-12/h11-13H,3-10H2,1-2H3. The lowest BCUT2D eigenvalue weighted by Gasteiger charge is -2.32. The molecule has 0 N–H and O–H groups in total. The van der Waals surface area contributed by atoms with E-state index in [-0.39, 0.29) is 0 Å². The van der Waals surface area contributed by atoms with Crippen LogP contribution in [0, 0.1) is 11.8 Å². The summed E-state index contributed by atoms with van der Waals surface area (Å²) in [6.07, 6.45) is 6.06. The van der Waals surface area contributed by atoms with Gasteiger partial charge in [-0.3, -0.25) is 0 Å². The molecule has 1 heterocycles. The summed E-state index contributed by atoms with van der Waals surface area (Å²) in [5.74, 6) is 1.87. The molecule has 0 aromatic heterocycles. The third kappa shape index (κ3) is 4.12. The fourth-order valence-corrected chi connectivity index (χ4v) is 2.33. The van der Waals surface area contributed by atoms with Crippen LogP contribution in [0.3, 0.4) is 0 Å². The first-order valence-electron chi connectivity index (χ1n) is 6.58. The molecule has 0 radical (unpaired) electrons. The fourth-order valence-electron chi connectivity index (χ4n) is 2.33. The van der Waals surface area contributed by atoms with E-state index in [0.29, 0.717) is 6.10 Å². The Morgan fingerprint density at radius 1 is 1.07 bits per heavy atom. The first-order valence-corrected chi connectivity index (χ1v) is 6.58. The topological polar surface area (TPSA) is 12.5 Å². The summed E-state index contributed by atoms with van der Waals surface area (Å²) in [4.78, 5) is 2.66. The van der Waals surface area contributed by atoms with Gasteiger partial charge in [-0.05, 0) is 64.5 Å². The van der Waals surface area contributed by atoms with Gasteiger partial charge in [0.25, 0.3) is 0 Å². The van der Waals surface area contributed by atoms with Crippen molar-refractivity contribution >= 4 is 0 Å². The zero-order chi connectivity index (χ0) is 10.7. The SMILES string of the molecule is CC(C)OCC1CCN(CC2CC2)CC1. The Kier molecular flexibility index (Phi) is 4.04. The summed E-state index contributed by atoms with van der Waals surface area (Å²) in [7, 11) is 0. The van der Waals surface area contributed by atoms with E-state index in [1.807, 2.05) is 0 Å². The Morgan fingerprint density at radius 3 is 2.27 bits per heavy atom.